The van der Waals surface area contributed by atoms with E-state index in [9.17, 15) is 5.11 Å². The van der Waals surface area contributed by atoms with Crippen molar-refractivity contribution < 1.29 is 5.11 Å². The van der Waals surface area contributed by atoms with Gasteiger partial charge in [-0.3, -0.25) is 0 Å². The Bertz CT molecular complexity index is 637. The first-order valence-electron chi connectivity index (χ1n) is 6.10. The van der Waals surface area contributed by atoms with E-state index in [0.717, 1.165) is 11.1 Å². The highest BCUT2D eigenvalue weighted by atomic mass is 16.3. The Balaban J connectivity index is 1.96. The van der Waals surface area contributed by atoms with Gasteiger partial charge in [0, 0.05) is 18.2 Å². The third-order valence-corrected chi connectivity index (χ3v) is 3.06. The van der Waals surface area contributed by atoms with E-state index in [4.69, 9.17) is 0 Å². The van der Waals surface area contributed by atoms with Crippen molar-refractivity contribution in [1.82, 2.24) is 4.98 Å². The van der Waals surface area contributed by atoms with Crippen LogP contribution in [0.2, 0.25) is 0 Å². The van der Waals surface area contributed by atoms with Crippen LogP contribution in [-0.4, -0.2) is 10.1 Å². The Morgan fingerprint density at radius 1 is 1.11 bits per heavy atom. The lowest BCUT2D eigenvalue weighted by molar-refractivity contribution is 0.0408. The van der Waals surface area contributed by atoms with Gasteiger partial charge in [-0.2, -0.15) is 0 Å². The number of hydrogen-bond donors (Lipinski definition) is 1. The fraction of sp³-hybridized carbons (Fsp3) is 0.133. The maximum atomic E-state index is 10.6. The topological polar surface area (TPSA) is 57.8 Å². The molecule has 19 heavy (non-hydrogen) atoms. The normalized spacial score (nSPS) is 21.5. The van der Waals surface area contributed by atoms with Crippen molar-refractivity contribution in [2.75, 3.05) is 0 Å². The highest BCUT2D eigenvalue weighted by molar-refractivity contribution is 5.58. The zero-order valence-corrected chi connectivity index (χ0v) is 10.3. The number of aliphatic hydroxyl groups is 1. The summed E-state index contributed by atoms with van der Waals surface area (Å²) in [5, 5.41) is 18.8. The number of hydrogen-bond acceptors (Lipinski definition) is 4. The minimum atomic E-state index is -1.30. The lowest BCUT2D eigenvalue weighted by Crippen LogP contribution is -2.24. The molecule has 2 aromatic rings. The van der Waals surface area contributed by atoms with E-state index in [0.29, 0.717) is 12.2 Å². The molecule has 0 amide bonds. The molecule has 0 bridgehead atoms. The fourth-order valence-corrected chi connectivity index (χ4v) is 2.11. The van der Waals surface area contributed by atoms with Crippen LogP contribution in [0.5, 0.6) is 0 Å². The Labute approximate surface area is 111 Å². The lowest BCUT2D eigenvalue weighted by atomic mass is 9.90. The Morgan fingerprint density at radius 3 is 2.79 bits per heavy atom. The molecule has 1 atom stereocenters. The summed E-state index contributed by atoms with van der Waals surface area (Å²) in [5.41, 5.74) is 0.441. The second-order valence-electron chi connectivity index (χ2n) is 4.40. The van der Waals surface area contributed by atoms with Crippen LogP contribution >= 0.6 is 0 Å². The number of nitrogens with zero attached hydrogens (tertiary/aromatic N) is 3. The summed E-state index contributed by atoms with van der Waals surface area (Å²) >= 11 is 0. The SMILES string of the molecule is OC1(N=Nc2ccccn2)CC=Cc2ccccc21. The maximum Gasteiger partial charge on any atom is 0.206 e. The highest BCUT2D eigenvalue weighted by Crippen LogP contribution is 2.35. The molecule has 0 radical (unpaired) electrons. The molecule has 1 aromatic carbocycles. The minimum Gasteiger partial charge on any atom is -0.364 e. The molecule has 0 saturated heterocycles. The van der Waals surface area contributed by atoms with Crippen molar-refractivity contribution in [3.8, 4) is 0 Å². The molecule has 0 saturated carbocycles. The van der Waals surface area contributed by atoms with Crippen LogP contribution in [0.1, 0.15) is 17.5 Å². The second kappa shape index (κ2) is 4.74. The number of benzene rings is 1. The molecule has 4 nitrogen and oxygen atoms in total. The fourth-order valence-electron chi connectivity index (χ4n) is 2.11. The predicted molar refractivity (Wildman–Crippen MR) is 72.7 cm³/mol. The van der Waals surface area contributed by atoms with Crippen LogP contribution in [0.3, 0.4) is 0 Å². The van der Waals surface area contributed by atoms with Gasteiger partial charge in [0.1, 0.15) is 0 Å². The maximum absolute atomic E-state index is 10.6. The van der Waals surface area contributed by atoms with Crippen molar-refractivity contribution in [3.63, 3.8) is 0 Å². The van der Waals surface area contributed by atoms with Gasteiger partial charge in [-0.1, -0.05) is 42.5 Å². The summed E-state index contributed by atoms with van der Waals surface area (Å²) in [6, 6.07) is 13.0. The standard InChI is InChI=1S/C15H13N3O/c19-15(18-17-14-9-3-4-11-16-14)10-5-7-12-6-1-2-8-13(12)15/h1-9,11,19H,10H2. The summed E-state index contributed by atoms with van der Waals surface area (Å²) in [4.78, 5) is 4.06. The zero-order valence-electron chi connectivity index (χ0n) is 10.3. The Hall–Kier alpha value is -2.33. The minimum absolute atomic E-state index is 0.417. The average Bonchev–Trinajstić information content (AvgIpc) is 2.47. The van der Waals surface area contributed by atoms with E-state index < -0.39 is 5.72 Å². The van der Waals surface area contributed by atoms with E-state index in [1.54, 1.807) is 12.3 Å². The summed E-state index contributed by atoms with van der Waals surface area (Å²) in [7, 11) is 0. The first kappa shape index (κ1) is 11.7. The molecule has 0 fully saturated rings. The number of aromatic nitrogens is 1. The third-order valence-electron chi connectivity index (χ3n) is 3.06. The number of azo groups is 1. The van der Waals surface area contributed by atoms with Crippen molar-refractivity contribution in [2.45, 2.75) is 12.1 Å². The van der Waals surface area contributed by atoms with E-state index in [-0.39, 0.29) is 0 Å². The van der Waals surface area contributed by atoms with Gasteiger partial charge in [0.25, 0.3) is 0 Å². The van der Waals surface area contributed by atoms with Gasteiger partial charge in [0.05, 0.1) is 0 Å². The number of rotatable bonds is 2. The number of fused-ring (bicyclic) bond motifs is 1. The third kappa shape index (κ3) is 2.30. The molecule has 4 heteroatoms. The molecule has 1 N–H and O–H groups in total. The van der Waals surface area contributed by atoms with Crippen LogP contribution in [0.25, 0.3) is 6.08 Å². The van der Waals surface area contributed by atoms with E-state index in [1.807, 2.05) is 48.6 Å². The lowest BCUT2D eigenvalue weighted by Gasteiger charge is -2.26. The van der Waals surface area contributed by atoms with Crippen molar-refractivity contribution in [1.29, 1.82) is 0 Å². The summed E-state index contributed by atoms with van der Waals surface area (Å²) in [6.45, 7) is 0. The summed E-state index contributed by atoms with van der Waals surface area (Å²) in [5.74, 6) is 0.489. The molecule has 0 spiro atoms. The molecule has 0 aliphatic heterocycles. The molecule has 1 heterocycles. The van der Waals surface area contributed by atoms with Crippen LogP contribution in [-0.2, 0) is 5.72 Å². The van der Waals surface area contributed by atoms with Gasteiger partial charge < -0.3 is 5.11 Å². The second-order valence-corrected chi connectivity index (χ2v) is 4.40. The van der Waals surface area contributed by atoms with Crippen LogP contribution < -0.4 is 0 Å². The first-order chi connectivity index (χ1) is 9.28. The summed E-state index contributed by atoms with van der Waals surface area (Å²) < 4.78 is 0. The largest absolute Gasteiger partial charge is 0.364 e. The average molecular weight is 251 g/mol. The van der Waals surface area contributed by atoms with Crippen LogP contribution in [0, 0.1) is 0 Å². The number of pyridine rings is 1. The van der Waals surface area contributed by atoms with E-state index >= 15 is 0 Å². The van der Waals surface area contributed by atoms with Gasteiger partial charge in [-0.25, -0.2) is 4.98 Å². The van der Waals surface area contributed by atoms with Gasteiger partial charge in [0.15, 0.2) is 5.82 Å². The molecule has 1 aliphatic carbocycles. The van der Waals surface area contributed by atoms with Gasteiger partial charge in [-0.05, 0) is 17.7 Å². The van der Waals surface area contributed by atoms with Crippen molar-refractivity contribution in [2.24, 2.45) is 10.2 Å². The van der Waals surface area contributed by atoms with Crippen LogP contribution in [0.4, 0.5) is 5.82 Å². The molecule has 3 rings (SSSR count). The predicted octanol–water partition coefficient (Wildman–Crippen LogP) is 3.43. The first-order valence-corrected chi connectivity index (χ1v) is 6.10. The van der Waals surface area contributed by atoms with E-state index in [1.165, 1.54) is 0 Å². The zero-order chi connectivity index (χ0) is 13.1. The molecule has 1 aliphatic rings. The molecule has 94 valence electrons. The monoisotopic (exact) mass is 251 g/mol. The highest BCUT2D eigenvalue weighted by Gasteiger charge is 2.32. The van der Waals surface area contributed by atoms with Crippen LogP contribution in [0.15, 0.2) is 65.0 Å². The molecule has 1 unspecified atom stereocenters. The van der Waals surface area contributed by atoms with Gasteiger partial charge >= 0.3 is 0 Å². The smallest absolute Gasteiger partial charge is 0.206 e. The summed E-state index contributed by atoms with van der Waals surface area (Å²) in [6.07, 6.45) is 5.95. The van der Waals surface area contributed by atoms with Crippen molar-refractivity contribution >= 4 is 11.9 Å². The Kier molecular flexibility index (Phi) is 2.93. The quantitative estimate of drug-likeness (QED) is 0.831. The van der Waals surface area contributed by atoms with E-state index in [2.05, 4.69) is 15.2 Å². The molecular formula is C15H13N3O. The van der Waals surface area contributed by atoms with Gasteiger partial charge in [-0.15, -0.1) is 10.2 Å². The van der Waals surface area contributed by atoms with Gasteiger partial charge in [0.2, 0.25) is 5.72 Å². The van der Waals surface area contributed by atoms with Crippen molar-refractivity contribution in [3.05, 3.63) is 65.9 Å². The molecule has 1 aromatic heterocycles. The Morgan fingerprint density at radius 2 is 1.95 bits per heavy atom. The molecular weight excluding hydrogens is 238 g/mol.